The van der Waals surface area contributed by atoms with E-state index in [-0.39, 0.29) is 47.6 Å². The predicted octanol–water partition coefficient (Wildman–Crippen LogP) is 3.63. The summed E-state index contributed by atoms with van der Waals surface area (Å²) in [5.41, 5.74) is -1.94. The van der Waals surface area contributed by atoms with Crippen LogP contribution < -0.4 is 0 Å². The second-order valence-electron chi connectivity index (χ2n) is 6.77. The Kier molecular flexibility index (Phi) is 5.57. The number of hydrogen-bond acceptors (Lipinski definition) is 5. The Balaban J connectivity index is 1.99. The molecular weight excluding hydrogens is 375 g/mol. The molecule has 0 aliphatic heterocycles. The standard InChI is InChI=1S/C20H18F3NO4/c1-2-3-8-28-10-14-13(6-7-15(24-14)20(21,22)23)19(27)16-17(25)11-4-5-12(9-11)18(16)26/h6-7,11-12,25H,4-5,8-10H2,1H3. The average Bonchev–Trinajstić information content (AvgIpc) is 3.10. The van der Waals surface area contributed by atoms with Crippen LogP contribution in [0, 0.1) is 23.7 Å². The minimum absolute atomic E-state index is 0.0426. The van der Waals surface area contributed by atoms with Gasteiger partial charge in [-0.1, -0.05) is 5.92 Å². The van der Waals surface area contributed by atoms with Crippen LogP contribution in [0.15, 0.2) is 23.5 Å². The smallest absolute Gasteiger partial charge is 0.433 e. The van der Waals surface area contributed by atoms with Gasteiger partial charge in [0.2, 0.25) is 5.78 Å². The molecule has 8 heteroatoms. The Morgan fingerprint density at radius 1 is 1.32 bits per heavy atom. The summed E-state index contributed by atoms with van der Waals surface area (Å²) in [7, 11) is 0. The summed E-state index contributed by atoms with van der Waals surface area (Å²) in [4.78, 5) is 29.0. The highest BCUT2D eigenvalue weighted by molar-refractivity contribution is 6.28. The monoisotopic (exact) mass is 393 g/mol. The maximum Gasteiger partial charge on any atom is 0.433 e. The van der Waals surface area contributed by atoms with Gasteiger partial charge in [0.15, 0.2) is 5.78 Å². The van der Waals surface area contributed by atoms with Crippen molar-refractivity contribution in [3.05, 3.63) is 40.4 Å². The summed E-state index contributed by atoms with van der Waals surface area (Å²) in [6.07, 6.45) is -3.00. The fraction of sp³-hybridized carbons (Fsp3) is 0.450. The number of carbonyl (C=O) groups excluding carboxylic acids is 2. The van der Waals surface area contributed by atoms with Crippen LogP contribution in [0.5, 0.6) is 0 Å². The number of aromatic nitrogens is 1. The van der Waals surface area contributed by atoms with Gasteiger partial charge in [0, 0.05) is 17.4 Å². The maximum atomic E-state index is 13.0. The summed E-state index contributed by atoms with van der Waals surface area (Å²) >= 11 is 0. The van der Waals surface area contributed by atoms with Crippen LogP contribution in [-0.4, -0.2) is 28.3 Å². The van der Waals surface area contributed by atoms with E-state index in [1.807, 2.05) is 0 Å². The number of fused-ring (bicyclic) bond motifs is 2. The number of rotatable bonds is 5. The normalized spacial score (nSPS) is 21.5. The van der Waals surface area contributed by atoms with Crippen LogP contribution in [0.25, 0.3) is 0 Å². The van der Waals surface area contributed by atoms with Crippen molar-refractivity contribution >= 4 is 11.6 Å². The third-order valence-electron chi connectivity index (χ3n) is 5.02. The molecule has 0 radical (unpaired) electrons. The molecule has 1 heterocycles. The third kappa shape index (κ3) is 3.80. The van der Waals surface area contributed by atoms with E-state index in [9.17, 15) is 27.9 Å². The van der Waals surface area contributed by atoms with Gasteiger partial charge in [-0.15, -0.1) is 5.92 Å². The number of pyridine rings is 1. The number of allylic oxidation sites excluding steroid dienone is 2. The van der Waals surface area contributed by atoms with Crippen molar-refractivity contribution in [2.24, 2.45) is 11.8 Å². The van der Waals surface area contributed by atoms with E-state index < -0.39 is 23.4 Å². The van der Waals surface area contributed by atoms with Gasteiger partial charge in [0.05, 0.1) is 12.3 Å². The predicted molar refractivity (Wildman–Crippen MR) is 92.2 cm³/mol. The molecule has 0 aromatic carbocycles. The van der Waals surface area contributed by atoms with Gasteiger partial charge >= 0.3 is 6.18 Å². The van der Waals surface area contributed by atoms with E-state index in [0.717, 1.165) is 6.07 Å². The van der Waals surface area contributed by atoms with Crippen LogP contribution >= 0.6 is 0 Å². The Hall–Kier alpha value is -2.66. The zero-order chi connectivity index (χ0) is 20.5. The number of aliphatic hydroxyl groups is 1. The molecule has 148 valence electrons. The minimum atomic E-state index is -4.69. The molecule has 0 spiro atoms. The first-order valence-electron chi connectivity index (χ1n) is 8.80. The number of carbonyl (C=O) groups is 2. The summed E-state index contributed by atoms with van der Waals surface area (Å²) in [6.45, 7) is 1.16. The Morgan fingerprint density at radius 3 is 2.71 bits per heavy atom. The van der Waals surface area contributed by atoms with Gasteiger partial charge in [0.25, 0.3) is 0 Å². The molecule has 0 saturated heterocycles. The number of ketones is 2. The van der Waals surface area contributed by atoms with E-state index >= 15 is 0 Å². The van der Waals surface area contributed by atoms with Gasteiger partial charge < -0.3 is 9.84 Å². The number of hydrogen-bond donors (Lipinski definition) is 1. The highest BCUT2D eigenvalue weighted by Crippen LogP contribution is 2.43. The Bertz CT molecular complexity index is 908. The highest BCUT2D eigenvalue weighted by Gasteiger charge is 2.44. The largest absolute Gasteiger partial charge is 0.511 e. The van der Waals surface area contributed by atoms with Gasteiger partial charge in [-0.2, -0.15) is 13.2 Å². The molecule has 5 nitrogen and oxygen atoms in total. The van der Waals surface area contributed by atoms with Crippen molar-refractivity contribution in [3.63, 3.8) is 0 Å². The maximum absolute atomic E-state index is 13.0. The molecule has 2 unspecified atom stereocenters. The molecule has 1 saturated carbocycles. The number of aliphatic hydroxyl groups excluding tert-OH is 1. The quantitative estimate of drug-likeness (QED) is 0.358. The first-order valence-corrected chi connectivity index (χ1v) is 8.80. The zero-order valence-corrected chi connectivity index (χ0v) is 15.1. The Labute approximate surface area is 159 Å². The molecule has 1 fully saturated rings. The summed E-state index contributed by atoms with van der Waals surface area (Å²) < 4.78 is 44.3. The number of alkyl halides is 3. The lowest BCUT2D eigenvalue weighted by Crippen LogP contribution is -2.28. The van der Waals surface area contributed by atoms with Crippen LogP contribution in [0.3, 0.4) is 0 Å². The first-order chi connectivity index (χ1) is 13.2. The highest BCUT2D eigenvalue weighted by atomic mass is 19.4. The number of nitrogens with zero attached hydrogens (tertiary/aromatic N) is 1. The van der Waals surface area contributed by atoms with Gasteiger partial charge in [-0.3, -0.25) is 9.59 Å². The van der Waals surface area contributed by atoms with E-state index in [2.05, 4.69) is 16.8 Å². The van der Waals surface area contributed by atoms with Crippen LogP contribution in [0.1, 0.15) is 47.9 Å². The van der Waals surface area contributed by atoms with E-state index in [0.29, 0.717) is 25.3 Å². The van der Waals surface area contributed by atoms with Crippen molar-refractivity contribution < 1.29 is 32.6 Å². The molecule has 1 aromatic rings. The average molecular weight is 393 g/mol. The molecule has 2 aliphatic carbocycles. The molecule has 2 aliphatic rings. The summed E-state index contributed by atoms with van der Waals surface area (Å²) in [6, 6.07) is 1.66. The van der Waals surface area contributed by atoms with Crippen molar-refractivity contribution in [2.45, 2.75) is 39.0 Å². The summed E-state index contributed by atoms with van der Waals surface area (Å²) in [5, 5.41) is 10.4. The third-order valence-corrected chi connectivity index (χ3v) is 5.02. The first kappa shape index (κ1) is 20.1. The Morgan fingerprint density at radius 2 is 2.04 bits per heavy atom. The van der Waals surface area contributed by atoms with Gasteiger partial charge in [0.1, 0.15) is 23.6 Å². The lowest BCUT2D eigenvalue weighted by atomic mass is 9.83. The SMILES string of the molecule is CC#CCOCc1nc(C(F)(F)F)ccc1C(=O)C1=C(O)C2CCC(C2)C1=O. The second kappa shape index (κ2) is 7.76. The zero-order valence-electron chi connectivity index (χ0n) is 15.1. The molecule has 1 aromatic heterocycles. The van der Waals surface area contributed by atoms with Crippen molar-refractivity contribution in [2.75, 3.05) is 6.61 Å². The number of halogens is 3. The molecule has 0 amide bonds. The fourth-order valence-electron chi connectivity index (χ4n) is 3.61. The van der Waals surface area contributed by atoms with Crippen molar-refractivity contribution in [3.8, 4) is 11.8 Å². The van der Waals surface area contributed by atoms with Crippen LogP contribution in [-0.2, 0) is 22.3 Å². The lowest BCUT2D eigenvalue weighted by molar-refractivity contribution is -0.141. The fourth-order valence-corrected chi connectivity index (χ4v) is 3.61. The van der Waals surface area contributed by atoms with Crippen LogP contribution in [0.4, 0.5) is 13.2 Å². The molecule has 28 heavy (non-hydrogen) atoms. The molecule has 2 bridgehead atoms. The minimum Gasteiger partial charge on any atom is -0.511 e. The topological polar surface area (TPSA) is 76.5 Å². The molecule has 3 rings (SSSR count). The van der Waals surface area contributed by atoms with E-state index in [1.54, 1.807) is 6.92 Å². The van der Waals surface area contributed by atoms with Crippen molar-refractivity contribution in [1.29, 1.82) is 0 Å². The van der Waals surface area contributed by atoms with E-state index in [1.165, 1.54) is 0 Å². The van der Waals surface area contributed by atoms with Crippen LogP contribution in [0.2, 0.25) is 0 Å². The molecular formula is C20H18F3NO4. The number of Topliss-reactive ketones (excluding diaryl/α,β-unsaturated/α-hetero) is 2. The van der Waals surface area contributed by atoms with Gasteiger partial charge in [-0.25, -0.2) is 4.98 Å². The lowest BCUT2D eigenvalue weighted by Gasteiger charge is -2.21. The van der Waals surface area contributed by atoms with Gasteiger partial charge in [-0.05, 0) is 38.3 Å². The molecule has 2 atom stereocenters. The second-order valence-corrected chi connectivity index (χ2v) is 6.77. The summed E-state index contributed by atoms with van der Waals surface area (Å²) in [5.74, 6) is 3.04. The molecule has 1 N–H and O–H groups in total. The van der Waals surface area contributed by atoms with Crippen molar-refractivity contribution in [1.82, 2.24) is 4.98 Å². The number of ether oxygens (including phenoxy) is 1. The van der Waals surface area contributed by atoms with E-state index in [4.69, 9.17) is 4.74 Å².